The van der Waals surface area contributed by atoms with Gasteiger partial charge in [-0.2, -0.15) is 5.10 Å². The van der Waals surface area contributed by atoms with Gasteiger partial charge < -0.3 is 5.32 Å². The quantitative estimate of drug-likeness (QED) is 0.337. The molecular weight excluding hydrogens is 442 g/mol. The van der Waals surface area contributed by atoms with Crippen molar-refractivity contribution in [3.05, 3.63) is 63.0 Å². The Kier molecular flexibility index (Phi) is 5.38. The number of nitrogens with zero attached hydrogens (tertiary/aromatic N) is 4. The van der Waals surface area contributed by atoms with Gasteiger partial charge in [-0.3, -0.25) is 18.8 Å². The molecule has 0 saturated heterocycles. The lowest BCUT2D eigenvalue weighted by atomic mass is 10.1. The molecule has 32 heavy (non-hydrogen) atoms. The fraction of sp³-hybridized carbons (Fsp3) is 0.304. The van der Waals surface area contributed by atoms with E-state index in [1.54, 1.807) is 9.25 Å². The molecule has 1 fully saturated rings. The summed E-state index contributed by atoms with van der Waals surface area (Å²) in [5.41, 5.74) is 4.20. The molecule has 0 bridgehead atoms. The van der Waals surface area contributed by atoms with E-state index in [0.29, 0.717) is 11.1 Å². The lowest BCUT2D eigenvalue weighted by Crippen LogP contribution is -2.23. The van der Waals surface area contributed by atoms with E-state index in [2.05, 4.69) is 15.8 Å². The summed E-state index contributed by atoms with van der Waals surface area (Å²) in [6.07, 6.45) is 2.25. The molecule has 1 aliphatic carbocycles. The van der Waals surface area contributed by atoms with Crippen LogP contribution in [0.3, 0.4) is 0 Å². The normalized spacial score (nSPS) is 13.6. The molecule has 1 amide bonds. The number of thiophene rings is 1. The second kappa shape index (κ2) is 8.22. The zero-order valence-electron chi connectivity index (χ0n) is 18.1. The highest BCUT2D eigenvalue weighted by molar-refractivity contribution is 7.99. The number of nitrogens with one attached hydrogen (secondary N) is 1. The topological polar surface area (TPSA) is 81.8 Å². The maximum Gasteiger partial charge on any atom is 0.267 e. The Morgan fingerprint density at radius 2 is 2.00 bits per heavy atom. The van der Waals surface area contributed by atoms with Gasteiger partial charge >= 0.3 is 0 Å². The zero-order chi connectivity index (χ0) is 22.4. The number of hydrogen-bond donors (Lipinski definition) is 1. The molecule has 3 aromatic heterocycles. The third-order valence-electron chi connectivity index (χ3n) is 5.74. The predicted molar refractivity (Wildman–Crippen MR) is 129 cm³/mol. The molecule has 7 nitrogen and oxygen atoms in total. The number of anilines is 1. The Labute approximate surface area is 193 Å². The first kappa shape index (κ1) is 21.0. The van der Waals surface area contributed by atoms with Gasteiger partial charge in [0.25, 0.3) is 5.56 Å². The number of carbonyl (C=O) groups excluding carboxylic acids is 1. The molecule has 1 saturated carbocycles. The SMILES string of the molecule is Cc1nn(C)c(C)c1NC(=O)CSc1nc2scc(C3CC3)c2c(=O)n1-c1ccccc1. The highest BCUT2D eigenvalue weighted by Crippen LogP contribution is 2.44. The molecule has 1 N–H and O–H groups in total. The Morgan fingerprint density at radius 3 is 2.66 bits per heavy atom. The van der Waals surface area contributed by atoms with Crippen LogP contribution >= 0.6 is 23.1 Å². The van der Waals surface area contributed by atoms with Crippen LogP contribution < -0.4 is 10.9 Å². The summed E-state index contributed by atoms with van der Waals surface area (Å²) in [7, 11) is 1.85. The zero-order valence-corrected chi connectivity index (χ0v) is 19.7. The van der Waals surface area contributed by atoms with Gasteiger partial charge in [0.15, 0.2) is 5.16 Å². The van der Waals surface area contributed by atoms with Crippen LogP contribution in [0, 0.1) is 13.8 Å². The number of fused-ring (bicyclic) bond motifs is 1. The van der Waals surface area contributed by atoms with Gasteiger partial charge in [-0.15, -0.1) is 11.3 Å². The first-order valence-corrected chi connectivity index (χ1v) is 12.3. The molecule has 0 unspecified atom stereocenters. The monoisotopic (exact) mass is 465 g/mol. The van der Waals surface area contributed by atoms with Crippen LogP contribution in [0.2, 0.25) is 0 Å². The van der Waals surface area contributed by atoms with E-state index in [-0.39, 0.29) is 17.2 Å². The summed E-state index contributed by atoms with van der Waals surface area (Å²) in [4.78, 5) is 31.9. The van der Waals surface area contributed by atoms with Crippen molar-refractivity contribution < 1.29 is 4.79 Å². The smallest absolute Gasteiger partial charge is 0.267 e. The lowest BCUT2D eigenvalue weighted by molar-refractivity contribution is -0.113. The van der Waals surface area contributed by atoms with Crippen LogP contribution in [0.1, 0.15) is 35.7 Å². The van der Waals surface area contributed by atoms with E-state index in [0.717, 1.165) is 51.4 Å². The standard InChI is InChI=1S/C23H23N5O2S2/c1-13-20(14(2)27(3)26-13)24-18(29)12-32-23-25-21-19(17(11-31-21)15-9-10-15)22(30)28(23)16-7-5-4-6-8-16/h4-8,11,15H,9-10,12H2,1-3H3,(H,24,29). The second-order valence-electron chi connectivity index (χ2n) is 8.02. The Morgan fingerprint density at radius 1 is 1.25 bits per heavy atom. The van der Waals surface area contributed by atoms with Crippen molar-refractivity contribution in [2.45, 2.75) is 37.8 Å². The van der Waals surface area contributed by atoms with E-state index in [9.17, 15) is 9.59 Å². The molecule has 3 heterocycles. The van der Waals surface area contributed by atoms with E-state index in [1.807, 2.05) is 51.2 Å². The molecule has 0 atom stereocenters. The number of amides is 1. The van der Waals surface area contributed by atoms with Crippen molar-refractivity contribution in [3.8, 4) is 5.69 Å². The van der Waals surface area contributed by atoms with Crippen LogP contribution in [0.15, 0.2) is 45.7 Å². The Balaban J connectivity index is 1.49. The van der Waals surface area contributed by atoms with Gasteiger partial charge in [-0.25, -0.2) is 4.98 Å². The molecule has 4 aromatic rings. The number of benzene rings is 1. The Hall–Kier alpha value is -2.91. The molecule has 0 radical (unpaired) electrons. The Bertz CT molecular complexity index is 1380. The number of aromatic nitrogens is 4. The highest BCUT2D eigenvalue weighted by atomic mass is 32.2. The molecule has 1 aromatic carbocycles. The van der Waals surface area contributed by atoms with Crippen LogP contribution in [0.25, 0.3) is 15.9 Å². The van der Waals surface area contributed by atoms with E-state index < -0.39 is 0 Å². The number of aryl methyl sites for hydroxylation is 2. The van der Waals surface area contributed by atoms with Gasteiger partial charge in [-0.1, -0.05) is 30.0 Å². The van der Waals surface area contributed by atoms with Crippen LogP contribution in [-0.2, 0) is 11.8 Å². The molecule has 5 rings (SSSR count). The third-order valence-corrected chi connectivity index (χ3v) is 7.57. The fourth-order valence-electron chi connectivity index (χ4n) is 3.85. The van der Waals surface area contributed by atoms with Gasteiger partial charge in [0.2, 0.25) is 5.91 Å². The highest BCUT2D eigenvalue weighted by Gasteiger charge is 2.29. The van der Waals surface area contributed by atoms with Crippen molar-refractivity contribution in [3.63, 3.8) is 0 Å². The van der Waals surface area contributed by atoms with E-state index in [4.69, 9.17) is 4.98 Å². The molecule has 0 aliphatic heterocycles. The number of thioether (sulfide) groups is 1. The summed E-state index contributed by atoms with van der Waals surface area (Å²) in [5.74, 6) is 0.449. The predicted octanol–water partition coefficient (Wildman–Crippen LogP) is 4.41. The number of para-hydroxylation sites is 1. The summed E-state index contributed by atoms with van der Waals surface area (Å²) < 4.78 is 3.38. The molecule has 9 heteroatoms. The number of hydrogen-bond acceptors (Lipinski definition) is 6. The van der Waals surface area contributed by atoms with Gasteiger partial charge in [0, 0.05) is 7.05 Å². The minimum atomic E-state index is -0.159. The third kappa shape index (κ3) is 3.75. The van der Waals surface area contributed by atoms with Crippen molar-refractivity contribution in [2.24, 2.45) is 7.05 Å². The van der Waals surface area contributed by atoms with Crippen molar-refractivity contribution in [2.75, 3.05) is 11.1 Å². The van der Waals surface area contributed by atoms with Crippen molar-refractivity contribution in [1.29, 1.82) is 0 Å². The van der Waals surface area contributed by atoms with Crippen LogP contribution in [-0.4, -0.2) is 31.0 Å². The largest absolute Gasteiger partial charge is 0.322 e. The number of rotatable bonds is 6. The summed E-state index contributed by atoms with van der Waals surface area (Å²) in [6, 6.07) is 9.50. The summed E-state index contributed by atoms with van der Waals surface area (Å²) in [5, 5.41) is 10.6. The van der Waals surface area contributed by atoms with E-state index in [1.165, 1.54) is 23.1 Å². The minimum absolute atomic E-state index is 0.0637. The fourth-order valence-corrected chi connectivity index (χ4v) is 5.72. The van der Waals surface area contributed by atoms with Gasteiger partial charge in [0.1, 0.15) is 4.83 Å². The molecule has 1 aliphatic rings. The molecule has 164 valence electrons. The van der Waals surface area contributed by atoms with Gasteiger partial charge in [0.05, 0.1) is 33.9 Å². The summed E-state index contributed by atoms with van der Waals surface area (Å²) >= 11 is 2.78. The minimum Gasteiger partial charge on any atom is -0.322 e. The van der Waals surface area contributed by atoms with Crippen LogP contribution in [0.5, 0.6) is 0 Å². The van der Waals surface area contributed by atoms with Crippen molar-refractivity contribution in [1.82, 2.24) is 19.3 Å². The average molecular weight is 466 g/mol. The van der Waals surface area contributed by atoms with Crippen LogP contribution in [0.4, 0.5) is 5.69 Å². The summed E-state index contributed by atoms with van der Waals surface area (Å²) in [6.45, 7) is 3.78. The number of carbonyl (C=O) groups is 1. The maximum absolute atomic E-state index is 13.6. The van der Waals surface area contributed by atoms with Gasteiger partial charge in [-0.05, 0) is 55.7 Å². The maximum atomic E-state index is 13.6. The lowest BCUT2D eigenvalue weighted by Gasteiger charge is -2.12. The molecular formula is C23H23N5O2S2. The first-order chi connectivity index (χ1) is 15.4. The molecule has 0 spiro atoms. The van der Waals surface area contributed by atoms with E-state index >= 15 is 0 Å². The average Bonchev–Trinajstić information content (AvgIpc) is 3.49. The second-order valence-corrected chi connectivity index (χ2v) is 9.82. The first-order valence-electron chi connectivity index (χ1n) is 10.5. The van der Waals surface area contributed by atoms with Crippen molar-refractivity contribution >= 4 is 44.9 Å².